The molecule has 30 heavy (non-hydrogen) atoms. The fourth-order valence-electron chi connectivity index (χ4n) is 4.11. The predicted molar refractivity (Wildman–Crippen MR) is 104 cm³/mol. The number of carbonyl (C=O) groups is 2. The molecule has 158 valence electrons. The lowest BCUT2D eigenvalue weighted by Crippen LogP contribution is -2.56. The van der Waals surface area contributed by atoms with E-state index >= 15 is 0 Å². The molecule has 2 aliphatic rings. The lowest BCUT2D eigenvalue weighted by atomic mass is 9.86. The van der Waals surface area contributed by atoms with Crippen molar-refractivity contribution in [2.45, 2.75) is 50.1 Å². The smallest absolute Gasteiger partial charge is 0.348 e. The maximum Gasteiger partial charge on any atom is 0.416 e. The molecule has 4 rings (SSSR count). The van der Waals surface area contributed by atoms with Crippen LogP contribution < -0.4 is 16.0 Å². The number of alkyl halides is 3. The maximum atomic E-state index is 13.0. The van der Waals surface area contributed by atoms with Crippen LogP contribution in [-0.2, 0) is 22.2 Å². The van der Waals surface area contributed by atoms with Gasteiger partial charge in [0.05, 0.1) is 24.1 Å². The molecule has 8 heteroatoms. The van der Waals surface area contributed by atoms with Crippen molar-refractivity contribution in [1.29, 1.82) is 0 Å². The third kappa shape index (κ3) is 4.33. The second kappa shape index (κ2) is 8.10. The zero-order chi connectivity index (χ0) is 21.3. The van der Waals surface area contributed by atoms with E-state index in [1.54, 1.807) is 0 Å². The van der Waals surface area contributed by atoms with Crippen molar-refractivity contribution in [2.75, 3.05) is 0 Å². The normalized spacial score (nSPS) is 24.0. The average Bonchev–Trinajstić information content (AvgIpc) is 2.73. The van der Waals surface area contributed by atoms with Crippen LogP contribution in [0.5, 0.6) is 0 Å². The number of aryl methyl sites for hydroxylation is 1. The number of amides is 2. The molecule has 5 nitrogen and oxygen atoms in total. The van der Waals surface area contributed by atoms with Crippen molar-refractivity contribution in [3.05, 3.63) is 70.8 Å². The Hall–Kier alpha value is -2.87. The molecule has 3 atom stereocenters. The number of hydrogen-bond acceptors (Lipinski definition) is 3. The predicted octanol–water partition coefficient (Wildman–Crippen LogP) is 3.38. The maximum absolute atomic E-state index is 13.0. The van der Waals surface area contributed by atoms with E-state index in [1.165, 1.54) is 12.1 Å². The van der Waals surface area contributed by atoms with Gasteiger partial charge in [-0.2, -0.15) is 13.2 Å². The third-order valence-electron chi connectivity index (χ3n) is 5.61. The van der Waals surface area contributed by atoms with Gasteiger partial charge in [0.15, 0.2) is 0 Å². The molecule has 0 aromatic heterocycles. The van der Waals surface area contributed by atoms with Crippen LogP contribution in [0.15, 0.2) is 48.5 Å². The largest absolute Gasteiger partial charge is 0.416 e. The van der Waals surface area contributed by atoms with Gasteiger partial charge < -0.3 is 10.6 Å². The van der Waals surface area contributed by atoms with Crippen molar-refractivity contribution in [3.63, 3.8) is 0 Å². The van der Waals surface area contributed by atoms with Gasteiger partial charge in [0.2, 0.25) is 11.8 Å². The van der Waals surface area contributed by atoms with Gasteiger partial charge >= 0.3 is 6.18 Å². The number of hydrogen-bond donors (Lipinski definition) is 3. The van der Waals surface area contributed by atoms with Gasteiger partial charge in [-0.1, -0.05) is 36.4 Å². The molecule has 1 aliphatic carbocycles. The van der Waals surface area contributed by atoms with Crippen molar-refractivity contribution < 1.29 is 22.8 Å². The van der Waals surface area contributed by atoms with Gasteiger partial charge in [-0.25, -0.2) is 0 Å². The summed E-state index contributed by atoms with van der Waals surface area (Å²) in [6, 6.07) is 11.9. The number of halogens is 3. The van der Waals surface area contributed by atoms with Gasteiger partial charge in [-0.15, -0.1) is 0 Å². The summed E-state index contributed by atoms with van der Waals surface area (Å²) in [7, 11) is 0. The molecule has 0 bridgehead atoms. The van der Waals surface area contributed by atoms with Crippen LogP contribution in [0, 0.1) is 0 Å². The van der Waals surface area contributed by atoms with Crippen LogP contribution >= 0.6 is 0 Å². The fourth-order valence-corrected chi connectivity index (χ4v) is 4.11. The summed E-state index contributed by atoms with van der Waals surface area (Å²) < 4.78 is 39.0. The van der Waals surface area contributed by atoms with E-state index in [-0.39, 0.29) is 24.3 Å². The highest BCUT2D eigenvalue weighted by Crippen LogP contribution is 2.35. The second-order valence-electron chi connectivity index (χ2n) is 7.70. The molecule has 1 heterocycles. The van der Waals surface area contributed by atoms with E-state index in [0.29, 0.717) is 30.4 Å². The van der Waals surface area contributed by atoms with Gasteiger partial charge in [-0.05, 0) is 48.1 Å². The Balaban J connectivity index is 1.48. The summed E-state index contributed by atoms with van der Waals surface area (Å²) in [6.45, 7) is 0. The van der Waals surface area contributed by atoms with E-state index in [0.717, 1.165) is 11.6 Å². The van der Waals surface area contributed by atoms with Crippen LogP contribution in [0.25, 0.3) is 0 Å². The summed E-state index contributed by atoms with van der Waals surface area (Å²) >= 11 is 0. The Morgan fingerprint density at radius 2 is 1.87 bits per heavy atom. The quantitative estimate of drug-likeness (QED) is 0.717. The van der Waals surface area contributed by atoms with Crippen molar-refractivity contribution in [1.82, 2.24) is 16.0 Å². The molecule has 2 unspecified atom stereocenters. The minimum Gasteiger partial charge on any atom is -0.348 e. The molecule has 1 saturated heterocycles. The van der Waals surface area contributed by atoms with E-state index in [1.807, 2.05) is 30.3 Å². The molecule has 2 aromatic rings. The number of nitrogens with one attached hydrogen (secondary N) is 3. The monoisotopic (exact) mass is 417 g/mol. The Bertz CT molecular complexity index is 946. The van der Waals surface area contributed by atoms with Crippen LogP contribution in [0.4, 0.5) is 13.2 Å². The number of fused-ring (bicyclic) bond motifs is 1. The molecular formula is C22H22F3N3O2. The fraction of sp³-hybridized carbons (Fsp3) is 0.364. The first-order chi connectivity index (χ1) is 14.3. The highest BCUT2D eigenvalue weighted by Gasteiger charge is 2.35. The summed E-state index contributed by atoms with van der Waals surface area (Å²) in [5.41, 5.74) is 1.48. The van der Waals surface area contributed by atoms with Crippen molar-refractivity contribution in [3.8, 4) is 0 Å². The van der Waals surface area contributed by atoms with E-state index in [2.05, 4.69) is 16.0 Å². The molecule has 1 aliphatic heterocycles. The lowest BCUT2D eigenvalue weighted by Gasteiger charge is -2.33. The topological polar surface area (TPSA) is 70.2 Å². The minimum absolute atomic E-state index is 0.00174. The molecule has 0 spiro atoms. The van der Waals surface area contributed by atoms with Crippen molar-refractivity contribution >= 4 is 11.8 Å². The summed E-state index contributed by atoms with van der Waals surface area (Å²) in [5.74, 6) is -0.565. The first-order valence-electron chi connectivity index (χ1n) is 9.92. The van der Waals surface area contributed by atoms with E-state index < -0.39 is 23.9 Å². The van der Waals surface area contributed by atoms with Crippen LogP contribution in [-0.4, -0.2) is 17.9 Å². The molecule has 0 radical (unpaired) electrons. The van der Waals surface area contributed by atoms with Crippen LogP contribution in [0.3, 0.4) is 0 Å². The Morgan fingerprint density at radius 1 is 1.10 bits per heavy atom. The lowest BCUT2D eigenvalue weighted by molar-refractivity contribution is -0.137. The van der Waals surface area contributed by atoms with Gasteiger partial charge in [0.1, 0.15) is 6.17 Å². The highest BCUT2D eigenvalue weighted by atomic mass is 19.4. The standard InChI is InChI=1S/C22H22F3N3O2/c23-22(24,25)15-9-10-16-14(11-15)7-4-8-17(16)27-21(30)18-12-19(29)28-20(26-18)13-5-2-1-3-6-13/h1-3,5-6,9-11,17-18,20,26H,4,7-8,12H2,(H,27,30)(H,28,29)/t17-,18?,20?/m1/s1. The molecule has 3 N–H and O–H groups in total. The third-order valence-corrected chi connectivity index (χ3v) is 5.61. The Kier molecular flexibility index (Phi) is 5.51. The van der Waals surface area contributed by atoms with Crippen molar-refractivity contribution in [2.24, 2.45) is 0 Å². The second-order valence-corrected chi connectivity index (χ2v) is 7.70. The Morgan fingerprint density at radius 3 is 2.60 bits per heavy atom. The zero-order valence-corrected chi connectivity index (χ0v) is 16.1. The van der Waals surface area contributed by atoms with Gasteiger partial charge in [0, 0.05) is 0 Å². The summed E-state index contributed by atoms with van der Waals surface area (Å²) in [6.07, 6.45) is -2.99. The average molecular weight is 417 g/mol. The minimum atomic E-state index is -4.39. The first-order valence-corrected chi connectivity index (χ1v) is 9.92. The number of rotatable bonds is 3. The molecular weight excluding hydrogens is 395 g/mol. The van der Waals surface area contributed by atoms with Crippen LogP contribution in [0.2, 0.25) is 0 Å². The summed E-state index contributed by atoms with van der Waals surface area (Å²) in [4.78, 5) is 25.0. The number of carbonyl (C=O) groups excluding carboxylic acids is 2. The zero-order valence-electron chi connectivity index (χ0n) is 16.1. The Labute approximate surface area is 172 Å². The molecule has 2 aromatic carbocycles. The van der Waals surface area contributed by atoms with Gasteiger partial charge in [0.25, 0.3) is 0 Å². The SMILES string of the molecule is O=C1CC(C(=O)N[C@@H]2CCCc3cc(C(F)(F)F)ccc32)NC(c2ccccc2)N1. The van der Waals surface area contributed by atoms with Crippen LogP contribution in [0.1, 0.15) is 53.7 Å². The first kappa shape index (κ1) is 20.4. The van der Waals surface area contributed by atoms with E-state index in [9.17, 15) is 22.8 Å². The summed E-state index contributed by atoms with van der Waals surface area (Å²) in [5, 5.41) is 8.90. The molecule has 1 fully saturated rings. The highest BCUT2D eigenvalue weighted by molar-refractivity contribution is 5.90. The van der Waals surface area contributed by atoms with Gasteiger partial charge in [-0.3, -0.25) is 14.9 Å². The number of benzene rings is 2. The molecule has 0 saturated carbocycles. The molecule has 2 amide bonds. The van der Waals surface area contributed by atoms with E-state index in [4.69, 9.17) is 0 Å².